The minimum atomic E-state index is -4.35. The normalized spacial score (nSPS) is 21.1. The quantitative estimate of drug-likeness (QED) is 0.140. The van der Waals surface area contributed by atoms with Crippen molar-refractivity contribution in [2.24, 2.45) is 11.8 Å². The monoisotopic (exact) mass is 948 g/mol. The largest absolute Gasteiger partial charge is 0.493 e. The highest BCUT2D eigenvalue weighted by Crippen LogP contribution is 2.47. The lowest BCUT2D eigenvalue weighted by Gasteiger charge is -2.45. The van der Waals surface area contributed by atoms with Crippen molar-refractivity contribution in [2.45, 2.75) is 94.8 Å². The van der Waals surface area contributed by atoms with Gasteiger partial charge in [-0.1, -0.05) is 67.7 Å². The maximum atomic E-state index is 13.3. The van der Waals surface area contributed by atoms with E-state index in [1.807, 2.05) is 41.3 Å². The molecule has 3 aliphatic heterocycles. The molecule has 5 fully saturated rings. The van der Waals surface area contributed by atoms with Crippen molar-refractivity contribution in [2.75, 3.05) is 59.2 Å². The highest BCUT2D eigenvalue weighted by Gasteiger charge is 2.49. The van der Waals surface area contributed by atoms with Crippen LogP contribution in [0.15, 0.2) is 97.1 Å². The average molecular weight is 950 g/mol. The predicted octanol–water partition coefficient (Wildman–Crippen LogP) is 13.3. The maximum Gasteiger partial charge on any atom is 0.416 e. The summed E-state index contributed by atoms with van der Waals surface area (Å²) in [6, 6.07) is 25.5. The van der Waals surface area contributed by atoms with Gasteiger partial charge in [0.15, 0.2) is 0 Å². The van der Waals surface area contributed by atoms with Crippen molar-refractivity contribution in [1.82, 2.24) is 9.80 Å². The highest BCUT2D eigenvalue weighted by molar-refractivity contribution is 6.30. The van der Waals surface area contributed by atoms with E-state index in [9.17, 15) is 31.1 Å². The van der Waals surface area contributed by atoms with E-state index in [1.165, 1.54) is 61.9 Å². The van der Waals surface area contributed by atoms with Crippen LogP contribution in [-0.4, -0.2) is 74.9 Å². The summed E-state index contributed by atoms with van der Waals surface area (Å²) in [5.41, 5.74) is 0.831. The molecule has 0 radical (unpaired) electrons. The molecule has 0 N–H and O–H groups in total. The molecule has 9 rings (SSSR count). The first kappa shape index (κ1) is 50.4. The third-order valence-corrected chi connectivity index (χ3v) is 13.9. The van der Waals surface area contributed by atoms with Crippen molar-refractivity contribution in [1.29, 1.82) is 0 Å². The second-order valence-electron chi connectivity index (χ2n) is 17.9. The van der Waals surface area contributed by atoms with E-state index >= 15 is 0 Å². The fraction of sp³-hybridized carbons (Fsp3) is 0.510. The second-order valence-corrected chi connectivity index (χ2v) is 18.7. The van der Waals surface area contributed by atoms with Gasteiger partial charge < -0.3 is 24.0 Å². The molecule has 354 valence electrons. The standard InChI is InChI=1S/C23H23ClF3NO2.C23H25ClF3NO.C4H8O.CH4/c24-19-6-2-17(3-7-19)22(11-1-12-22)21(29)28-13-10-16(14-28)15-30-20-8-4-18(5-9-20)23(25,26)27;24-20-6-2-18(3-7-20)22(11-1-12-22)16-28-13-10-17(14-28)15-29-21-8-4-19(5-9-21)23(25,26)27;1-2-4-5-3-1;/h2-9,16H,1,10-15H2;2-9,17H,1,10-16H2;1-4H2;1H4/t16-;17-;;/m00../s1. The second kappa shape index (κ2) is 22.2. The van der Waals surface area contributed by atoms with Gasteiger partial charge in [0, 0.05) is 66.7 Å². The van der Waals surface area contributed by atoms with Crippen LogP contribution >= 0.6 is 23.2 Å². The summed E-state index contributed by atoms with van der Waals surface area (Å²) >= 11 is 12.0. The summed E-state index contributed by atoms with van der Waals surface area (Å²) in [5.74, 6) is 1.63. The van der Waals surface area contributed by atoms with Gasteiger partial charge in [0.2, 0.25) is 5.91 Å². The fourth-order valence-electron chi connectivity index (χ4n) is 9.37. The predicted molar refractivity (Wildman–Crippen MR) is 244 cm³/mol. The number of rotatable bonds is 11. The summed E-state index contributed by atoms with van der Waals surface area (Å²) in [6.07, 6.45) is 2.15. The number of benzene rings is 4. The topological polar surface area (TPSA) is 51.2 Å². The van der Waals surface area contributed by atoms with Gasteiger partial charge in [-0.2, -0.15) is 26.3 Å². The van der Waals surface area contributed by atoms with E-state index in [0.717, 1.165) is 99.8 Å². The molecule has 0 unspecified atom stereocenters. The first-order valence-electron chi connectivity index (χ1n) is 22.3. The van der Waals surface area contributed by atoms with Crippen LogP contribution < -0.4 is 9.47 Å². The summed E-state index contributed by atoms with van der Waals surface area (Å²) in [5, 5.41) is 1.42. The van der Waals surface area contributed by atoms with Gasteiger partial charge in [-0.3, -0.25) is 4.79 Å². The number of nitrogens with zero attached hydrogens (tertiary/aromatic N) is 2. The average Bonchev–Trinajstić information content (AvgIpc) is 4.07. The molecule has 4 aromatic carbocycles. The molecule has 0 bridgehead atoms. The van der Waals surface area contributed by atoms with Gasteiger partial charge in [0.1, 0.15) is 11.5 Å². The van der Waals surface area contributed by atoms with Crippen LogP contribution in [0.25, 0.3) is 0 Å². The number of likely N-dealkylation sites (tertiary alicyclic amines) is 2. The lowest BCUT2D eigenvalue weighted by Crippen LogP contribution is -2.50. The molecular formula is C51H60Cl2F6N2O4. The highest BCUT2D eigenvalue weighted by atomic mass is 35.5. The van der Waals surface area contributed by atoms with E-state index in [2.05, 4.69) is 17.0 Å². The van der Waals surface area contributed by atoms with Crippen molar-refractivity contribution in [3.8, 4) is 11.5 Å². The number of alkyl halides is 6. The zero-order valence-corrected chi connectivity index (χ0v) is 37.4. The number of amides is 1. The van der Waals surface area contributed by atoms with Gasteiger partial charge in [-0.05, 0) is 142 Å². The first-order valence-corrected chi connectivity index (χ1v) is 23.1. The Kier molecular flexibility index (Phi) is 17.2. The van der Waals surface area contributed by atoms with Gasteiger partial charge >= 0.3 is 12.4 Å². The molecule has 0 spiro atoms. The minimum absolute atomic E-state index is 0. The Morgan fingerprint density at radius 1 is 0.615 bits per heavy atom. The Morgan fingerprint density at radius 3 is 1.49 bits per heavy atom. The van der Waals surface area contributed by atoms with Crippen LogP contribution in [0.2, 0.25) is 10.0 Å². The third-order valence-electron chi connectivity index (χ3n) is 13.4. The third kappa shape index (κ3) is 13.1. The van der Waals surface area contributed by atoms with Gasteiger partial charge in [-0.25, -0.2) is 0 Å². The van der Waals surface area contributed by atoms with Crippen LogP contribution in [0.1, 0.15) is 93.9 Å². The van der Waals surface area contributed by atoms with Gasteiger partial charge in [-0.15, -0.1) is 0 Å². The Labute approximate surface area is 389 Å². The van der Waals surface area contributed by atoms with Crippen LogP contribution in [0.3, 0.4) is 0 Å². The van der Waals surface area contributed by atoms with Crippen LogP contribution in [0.4, 0.5) is 26.3 Å². The molecule has 3 heterocycles. The lowest BCUT2D eigenvalue weighted by molar-refractivity contribution is -0.140. The zero-order chi connectivity index (χ0) is 45.4. The van der Waals surface area contributed by atoms with Crippen LogP contribution in [0, 0.1) is 11.8 Å². The molecule has 2 atom stereocenters. The first-order chi connectivity index (χ1) is 30.6. The molecule has 14 heteroatoms. The van der Waals surface area contributed by atoms with Gasteiger partial charge in [0.05, 0.1) is 29.8 Å². The Morgan fingerprint density at radius 2 is 1.08 bits per heavy atom. The number of halogens is 8. The minimum Gasteiger partial charge on any atom is -0.493 e. The maximum absolute atomic E-state index is 13.3. The molecule has 3 saturated heterocycles. The number of hydrogen-bond donors (Lipinski definition) is 0. The van der Waals surface area contributed by atoms with E-state index in [1.54, 1.807) is 0 Å². The molecule has 65 heavy (non-hydrogen) atoms. The molecule has 5 aliphatic rings. The molecule has 2 aliphatic carbocycles. The number of carbonyl (C=O) groups is 1. The molecule has 0 aromatic heterocycles. The molecular weight excluding hydrogens is 889 g/mol. The Hall–Kier alpha value is -3.97. The lowest BCUT2D eigenvalue weighted by atomic mass is 9.63. The summed E-state index contributed by atoms with van der Waals surface area (Å²) < 4.78 is 92.3. The van der Waals surface area contributed by atoms with E-state index in [4.69, 9.17) is 37.4 Å². The SMILES string of the molecule is C.C1CCOC1.FC(F)(F)c1ccc(OC[C@H]2CCN(CC3(c4ccc(Cl)cc4)CCC3)C2)cc1.O=C(N1CC[C@H](COc2ccc(C(F)(F)F)cc2)C1)C1(c2ccc(Cl)cc2)CCC1. The number of hydrogen-bond acceptors (Lipinski definition) is 5. The molecule has 4 aromatic rings. The zero-order valence-electron chi connectivity index (χ0n) is 35.9. The molecule has 1 amide bonds. The van der Waals surface area contributed by atoms with Crippen molar-refractivity contribution in [3.05, 3.63) is 129 Å². The Balaban J connectivity index is 0.000000192. The van der Waals surface area contributed by atoms with Crippen LogP contribution in [0.5, 0.6) is 11.5 Å². The molecule has 2 saturated carbocycles. The van der Waals surface area contributed by atoms with Crippen LogP contribution in [-0.2, 0) is 32.7 Å². The Bertz CT molecular complexity index is 2080. The van der Waals surface area contributed by atoms with Crippen molar-refractivity contribution in [3.63, 3.8) is 0 Å². The summed E-state index contributed by atoms with van der Waals surface area (Å²) in [7, 11) is 0. The smallest absolute Gasteiger partial charge is 0.416 e. The van der Waals surface area contributed by atoms with E-state index < -0.39 is 28.9 Å². The number of ether oxygens (including phenoxy) is 3. The van der Waals surface area contributed by atoms with E-state index in [0.29, 0.717) is 48.7 Å². The van der Waals surface area contributed by atoms with Crippen molar-refractivity contribution < 1.29 is 45.3 Å². The van der Waals surface area contributed by atoms with Crippen molar-refractivity contribution >= 4 is 29.1 Å². The van der Waals surface area contributed by atoms with Gasteiger partial charge in [0.25, 0.3) is 0 Å². The number of carbonyl (C=O) groups excluding carboxylic acids is 1. The molecule has 6 nitrogen and oxygen atoms in total. The summed E-state index contributed by atoms with van der Waals surface area (Å²) in [6.45, 7) is 7.25. The summed E-state index contributed by atoms with van der Waals surface area (Å²) in [4.78, 5) is 17.8. The van der Waals surface area contributed by atoms with E-state index in [-0.39, 0.29) is 24.7 Å². The fourth-order valence-corrected chi connectivity index (χ4v) is 9.62.